The highest BCUT2D eigenvalue weighted by Gasteiger charge is 2.27. The third-order valence-corrected chi connectivity index (χ3v) is 5.40. The Balaban J connectivity index is 1.74. The Morgan fingerprint density at radius 2 is 1.84 bits per heavy atom. The molecule has 1 aliphatic carbocycles. The minimum absolute atomic E-state index is 0.0994. The molecule has 0 radical (unpaired) electrons. The number of thiophene rings is 1. The summed E-state index contributed by atoms with van der Waals surface area (Å²) in [6, 6.07) is 9.43. The molecule has 3 N–H and O–H groups in total. The SMILES string of the molecule is O=C(NC(C(=O)NC1CCCCC1)c1cccs1)c1ccccc1O. The average molecular weight is 358 g/mol. The summed E-state index contributed by atoms with van der Waals surface area (Å²) in [6.45, 7) is 0. The van der Waals surface area contributed by atoms with Gasteiger partial charge in [-0.05, 0) is 36.4 Å². The van der Waals surface area contributed by atoms with E-state index in [0.717, 1.165) is 30.6 Å². The highest BCUT2D eigenvalue weighted by atomic mass is 32.1. The fourth-order valence-electron chi connectivity index (χ4n) is 3.13. The van der Waals surface area contributed by atoms with Crippen molar-refractivity contribution in [3.63, 3.8) is 0 Å². The van der Waals surface area contributed by atoms with Gasteiger partial charge in [0.05, 0.1) is 5.56 Å². The van der Waals surface area contributed by atoms with Crippen LogP contribution in [0, 0.1) is 0 Å². The van der Waals surface area contributed by atoms with Crippen LogP contribution in [0.25, 0.3) is 0 Å². The van der Waals surface area contributed by atoms with E-state index >= 15 is 0 Å². The number of nitrogens with one attached hydrogen (secondary N) is 2. The first-order valence-electron chi connectivity index (χ1n) is 8.58. The van der Waals surface area contributed by atoms with Crippen molar-refractivity contribution >= 4 is 23.2 Å². The molecular formula is C19H22N2O3S. The van der Waals surface area contributed by atoms with E-state index < -0.39 is 11.9 Å². The summed E-state index contributed by atoms with van der Waals surface area (Å²) in [5.74, 6) is -0.758. The maximum atomic E-state index is 12.8. The quantitative estimate of drug-likeness (QED) is 0.767. The zero-order valence-corrected chi connectivity index (χ0v) is 14.7. The van der Waals surface area contributed by atoms with Gasteiger partial charge in [0.2, 0.25) is 5.91 Å². The van der Waals surface area contributed by atoms with Crippen LogP contribution in [0.4, 0.5) is 0 Å². The summed E-state index contributed by atoms with van der Waals surface area (Å²) in [6.07, 6.45) is 5.43. The zero-order chi connectivity index (χ0) is 17.6. The van der Waals surface area contributed by atoms with Crippen LogP contribution in [0.5, 0.6) is 5.75 Å². The van der Waals surface area contributed by atoms with Crippen molar-refractivity contribution in [3.8, 4) is 5.75 Å². The molecule has 25 heavy (non-hydrogen) atoms. The smallest absolute Gasteiger partial charge is 0.255 e. The van der Waals surface area contributed by atoms with E-state index in [1.165, 1.54) is 29.9 Å². The molecule has 1 unspecified atom stereocenters. The molecule has 1 aromatic carbocycles. The Kier molecular flexibility index (Phi) is 5.71. The first-order valence-corrected chi connectivity index (χ1v) is 9.46. The molecule has 2 amide bonds. The van der Waals surface area contributed by atoms with Gasteiger partial charge in [-0.2, -0.15) is 0 Å². The fourth-order valence-corrected chi connectivity index (χ4v) is 3.90. The molecule has 1 fully saturated rings. The molecule has 0 bridgehead atoms. The molecule has 1 saturated carbocycles. The predicted octanol–water partition coefficient (Wildman–Crippen LogP) is 3.37. The Bertz CT molecular complexity index is 724. The van der Waals surface area contributed by atoms with Crippen LogP contribution in [-0.2, 0) is 4.79 Å². The highest BCUT2D eigenvalue weighted by Crippen LogP contribution is 2.23. The van der Waals surface area contributed by atoms with E-state index in [-0.39, 0.29) is 23.3 Å². The lowest BCUT2D eigenvalue weighted by Crippen LogP contribution is -2.44. The Hall–Kier alpha value is -2.34. The van der Waals surface area contributed by atoms with Crippen molar-refractivity contribution in [1.82, 2.24) is 10.6 Å². The molecule has 132 valence electrons. The second-order valence-corrected chi connectivity index (χ2v) is 7.26. The Morgan fingerprint density at radius 3 is 2.52 bits per heavy atom. The van der Waals surface area contributed by atoms with Gasteiger partial charge in [0.25, 0.3) is 5.91 Å². The van der Waals surface area contributed by atoms with Crippen LogP contribution in [0.1, 0.15) is 53.4 Å². The van der Waals surface area contributed by atoms with Gasteiger partial charge in [0, 0.05) is 10.9 Å². The number of aromatic hydroxyl groups is 1. The summed E-state index contributed by atoms with van der Waals surface area (Å²) in [5, 5.41) is 17.6. The number of benzene rings is 1. The van der Waals surface area contributed by atoms with Gasteiger partial charge in [-0.25, -0.2) is 0 Å². The number of phenols is 1. The number of phenolic OH excluding ortho intramolecular Hbond substituents is 1. The number of hydrogen-bond donors (Lipinski definition) is 3. The third-order valence-electron chi connectivity index (χ3n) is 4.47. The van der Waals surface area contributed by atoms with Crippen LogP contribution < -0.4 is 10.6 Å². The summed E-state index contributed by atoms with van der Waals surface area (Å²) in [5.41, 5.74) is 0.162. The molecular weight excluding hydrogens is 336 g/mol. The van der Waals surface area contributed by atoms with E-state index in [0.29, 0.717) is 0 Å². The zero-order valence-electron chi connectivity index (χ0n) is 13.9. The topological polar surface area (TPSA) is 78.4 Å². The monoisotopic (exact) mass is 358 g/mol. The van der Waals surface area contributed by atoms with Gasteiger partial charge < -0.3 is 15.7 Å². The van der Waals surface area contributed by atoms with E-state index in [1.54, 1.807) is 12.1 Å². The number of hydrogen-bond acceptors (Lipinski definition) is 4. The molecule has 3 rings (SSSR count). The summed E-state index contributed by atoms with van der Waals surface area (Å²) in [7, 11) is 0. The van der Waals surface area contributed by atoms with Crippen molar-refractivity contribution in [2.24, 2.45) is 0 Å². The predicted molar refractivity (Wildman–Crippen MR) is 97.6 cm³/mol. The maximum Gasteiger partial charge on any atom is 0.255 e. The van der Waals surface area contributed by atoms with Crippen molar-refractivity contribution in [2.45, 2.75) is 44.2 Å². The lowest BCUT2D eigenvalue weighted by Gasteiger charge is -2.25. The van der Waals surface area contributed by atoms with Crippen LogP contribution in [-0.4, -0.2) is 23.0 Å². The maximum absolute atomic E-state index is 12.8. The van der Waals surface area contributed by atoms with Crippen LogP contribution in [0.3, 0.4) is 0 Å². The van der Waals surface area contributed by atoms with E-state index in [9.17, 15) is 14.7 Å². The minimum atomic E-state index is -0.756. The fraction of sp³-hybridized carbons (Fsp3) is 0.368. The standard InChI is InChI=1S/C19H22N2O3S/c22-15-10-5-4-9-14(15)18(23)21-17(16-11-6-12-25-16)19(24)20-13-7-2-1-3-8-13/h4-6,9-13,17,22H,1-3,7-8H2,(H,20,24)(H,21,23). The molecule has 1 aromatic heterocycles. The second kappa shape index (κ2) is 8.16. The van der Waals surface area contributed by atoms with Crippen molar-refractivity contribution in [1.29, 1.82) is 0 Å². The normalized spacial score (nSPS) is 16.2. The Labute approximate surface area is 151 Å². The van der Waals surface area contributed by atoms with Crippen LogP contribution in [0.2, 0.25) is 0 Å². The summed E-state index contributed by atoms with van der Waals surface area (Å²) >= 11 is 1.42. The molecule has 1 aliphatic rings. The van der Waals surface area contributed by atoms with Gasteiger partial charge in [0.1, 0.15) is 11.8 Å². The van der Waals surface area contributed by atoms with E-state index in [2.05, 4.69) is 10.6 Å². The van der Waals surface area contributed by atoms with E-state index in [4.69, 9.17) is 0 Å². The van der Waals surface area contributed by atoms with Crippen LogP contribution >= 0.6 is 11.3 Å². The van der Waals surface area contributed by atoms with Crippen molar-refractivity contribution in [3.05, 3.63) is 52.2 Å². The minimum Gasteiger partial charge on any atom is -0.507 e. The first-order chi connectivity index (χ1) is 12.1. The van der Waals surface area contributed by atoms with E-state index in [1.807, 2.05) is 17.5 Å². The molecule has 6 heteroatoms. The molecule has 2 aromatic rings. The first kappa shape index (κ1) is 17.5. The molecule has 5 nitrogen and oxygen atoms in total. The molecule has 0 aliphatic heterocycles. The number of para-hydroxylation sites is 1. The summed E-state index contributed by atoms with van der Waals surface area (Å²) < 4.78 is 0. The third kappa shape index (κ3) is 4.39. The molecule has 0 spiro atoms. The summed E-state index contributed by atoms with van der Waals surface area (Å²) in [4.78, 5) is 26.1. The van der Waals surface area contributed by atoms with Crippen molar-refractivity contribution < 1.29 is 14.7 Å². The number of amides is 2. The van der Waals surface area contributed by atoms with Gasteiger partial charge in [-0.1, -0.05) is 37.5 Å². The molecule has 0 saturated heterocycles. The van der Waals surface area contributed by atoms with Gasteiger partial charge >= 0.3 is 0 Å². The van der Waals surface area contributed by atoms with Gasteiger partial charge in [-0.3, -0.25) is 9.59 Å². The lowest BCUT2D eigenvalue weighted by molar-refractivity contribution is -0.124. The van der Waals surface area contributed by atoms with Gasteiger partial charge in [0.15, 0.2) is 0 Å². The number of rotatable bonds is 5. The number of carbonyl (C=O) groups is 2. The second-order valence-electron chi connectivity index (χ2n) is 6.28. The number of carbonyl (C=O) groups excluding carboxylic acids is 2. The average Bonchev–Trinajstić information content (AvgIpc) is 3.15. The van der Waals surface area contributed by atoms with Crippen LogP contribution in [0.15, 0.2) is 41.8 Å². The van der Waals surface area contributed by atoms with Crippen molar-refractivity contribution in [2.75, 3.05) is 0 Å². The molecule has 1 atom stereocenters. The highest BCUT2D eigenvalue weighted by molar-refractivity contribution is 7.10. The lowest BCUT2D eigenvalue weighted by atomic mass is 9.95. The Morgan fingerprint density at radius 1 is 1.08 bits per heavy atom. The largest absolute Gasteiger partial charge is 0.507 e. The van der Waals surface area contributed by atoms with Gasteiger partial charge in [-0.15, -0.1) is 11.3 Å². The molecule has 1 heterocycles.